The maximum absolute atomic E-state index is 13.1. The van der Waals surface area contributed by atoms with E-state index >= 15 is 0 Å². The van der Waals surface area contributed by atoms with Crippen molar-refractivity contribution in [3.8, 4) is 0 Å². The zero-order valence-electron chi connectivity index (χ0n) is 50.9. The molecular weight excluding hydrogens is 983 g/mol. The lowest BCUT2D eigenvalue weighted by Gasteiger charge is -2.40. The number of carbonyl (C=O) groups excluding carboxylic acids is 1. The fourth-order valence-electron chi connectivity index (χ4n) is 10.0. The van der Waals surface area contributed by atoms with Crippen LogP contribution in [-0.4, -0.2) is 87.5 Å². The second-order valence-electron chi connectivity index (χ2n) is 22.5. The summed E-state index contributed by atoms with van der Waals surface area (Å²) in [7, 11) is 0. The number of unbranched alkanes of at least 4 members (excludes halogenated alkanes) is 32. The second kappa shape index (κ2) is 58.3. The van der Waals surface area contributed by atoms with Crippen LogP contribution in [0, 0.1) is 0 Å². The van der Waals surface area contributed by atoms with Crippen LogP contribution in [0.2, 0.25) is 0 Å². The number of allylic oxidation sites excluding steroid dienone is 15. The van der Waals surface area contributed by atoms with Crippen molar-refractivity contribution in [3.63, 3.8) is 0 Å². The SMILES string of the molecule is CC/C=C\C/C=C\C/C=C\C/C=C\C/C=C\C/C=C\C/C=C\CCCCCCCCCC(=O)NC(COC1OC(CO)C(O)C(O)C1O)C(O)/C=C/CCCCCCCCCCCCCCCCCCCCCCCCCCC. The van der Waals surface area contributed by atoms with Crippen molar-refractivity contribution >= 4 is 5.91 Å². The summed E-state index contributed by atoms with van der Waals surface area (Å²) in [5.74, 6) is -0.189. The molecule has 9 nitrogen and oxygen atoms in total. The standard InChI is InChI=1S/C70H123NO8/c1-3-5-7-9-11-13-15-17-19-21-23-25-27-29-31-32-34-36-38-40-42-44-46-48-50-52-54-56-58-60-66(74)71-63(62-78-70-69(77)68(76)67(75)65(61-72)79-70)64(73)59-57-55-53-51-49-47-45-43-41-39-37-35-33-30-28-26-24-22-20-18-16-14-12-10-8-6-4-2/h5,7,11,13,17,19,23,25,29,31,34,36,40,42,57,59,63-65,67-70,72-73,75-77H,3-4,6,8-10,12,14-16,18,20-22,24,26-28,30,32-33,35,37-39,41,43-56,58,60-62H2,1-2H3,(H,71,74)/b7-5-,13-11-,19-17-,25-23-,31-29-,36-34-,42-40-,59-57+. The molecule has 1 heterocycles. The molecule has 0 bridgehead atoms. The van der Waals surface area contributed by atoms with E-state index in [2.05, 4.69) is 104 Å². The van der Waals surface area contributed by atoms with Gasteiger partial charge in [0.2, 0.25) is 5.91 Å². The highest BCUT2D eigenvalue weighted by Gasteiger charge is 2.44. The molecule has 6 N–H and O–H groups in total. The van der Waals surface area contributed by atoms with E-state index in [-0.39, 0.29) is 12.5 Å². The molecule has 0 aromatic heterocycles. The van der Waals surface area contributed by atoms with E-state index in [1.54, 1.807) is 6.08 Å². The Morgan fingerprint density at radius 1 is 0.443 bits per heavy atom. The summed E-state index contributed by atoms with van der Waals surface area (Å²) in [6, 6.07) is -0.820. The van der Waals surface area contributed by atoms with Crippen molar-refractivity contribution < 1.29 is 39.8 Å². The summed E-state index contributed by atoms with van der Waals surface area (Å²) >= 11 is 0. The Morgan fingerprint density at radius 3 is 1.16 bits per heavy atom. The molecule has 1 aliphatic rings. The van der Waals surface area contributed by atoms with Crippen LogP contribution in [0.5, 0.6) is 0 Å². The van der Waals surface area contributed by atoms with Crippen LogP contribution in [0.25, 0.3) is 0 Å². The number of rotatable bonds is 56. The van der Waals surface area contributed by atoms with E-state index in [4.69, 9.17) is 9.47 Å². The van der Waals surface area contributed by atoms with Gasteiger partial charge in [0.05, 0.1) is 25.4 Å². The Balaban J connectivity index is 2.20. The van der Waals surface area contributed by atoms with Gasteiger partial charge in [0.15, 0.2) is 6.29 Å². The zero-order chi connectivity index (χ0) is 57.2. The second-order valence-corrected chi connectivity index (χ2v) is 22.5. The van der Waals surface area contributed by atoms with Crippen molar-refractivity contribution in [2.45, 2.75) is 326 Å². The third-order valence-electron chi connectivity index (χ3n) is 15.2. The molecule has 456 valence electrons. The lowest BCUT2D eigenvalue weighted by atomic mass is 9.99. The first-order chi connectivity index (χ1) is 38.8. The Kier molecular flexibility index (Phi) is 54.7. The van der Waals surface area contributed by atoms with Crippen molar-refractivity contribution in [1.82, 2.24) is 5.32 Å². The molecular formula is C70H123NO8. The molecule has 9 heteroatoms. The van der Waals surface area contributed by atoms with Crippen LogP contribution >= 0.6 is 0 Å². The molecule has 7 atom stereocenters. The van der Waals surface area contributed by atoms with Gasteiger partial charge in [-0.25, -0.2) is 0 Å². The largest absolute Gasteiger partial charge is 0.394 e. The van der Waals surface area contributed by atoms with Crippen LogP contribution in [0.3, 0.4) is 0 Å². The number of aliphatic hydroxyl groups is 5. The highest BCUT2D eigenvalue weighted by Crippen LogP contribution is 2.23. The normalized spacial score (nSPS) is 19.2. The van der Waals surface area contributed by atoms with Crippen molar-refractivity contribution in [2.24, 2.45) is 0 Å². The predicted octanol–water partition coefficient (Wildman–Crippen LogP) is 17.5. The summed E-state index contributed by atoms with van der Waals surface area (Å²) in [5, 5.41) is 54.7. The van der Waals surface area contributed by atoms with Gasteiger partial charge >= 0.3 is 0 Å². The monoisotopic (exact) mass is 1110 g/mol. The molecule has 0 aromatic carbocycles. The first-order valence-corrected chi connectivity index (χ1v) is 33.0. The molecule has 1 rings (SSSR count). The number of hydrogen-bond donors (Lipinski definition) is 6. The van der Waals surface area contributed by atoms with Crippen LogP contribution in [0.4, 0.5) is 0 Å². The number of nitrogens with one attached hydrogen (secondary N) is 1. The van der Waals surface area contributed by atoms with Crippen LogP contribution in [-0.2, 0) is 14.3 Å². The van der Waals surface area contributed by atoms with E-state index < -0.39 is 49.5 Å². The van der Waals surface area contributed by atoms with Gasteiger partial charge < -0.3 is 40.3 Å². The van der Waals surface area contributed by atoms with Gasteiger partial charge in [-0.1, -0.05) is 297 Å². The predicted molar refractivity (Wildman–Crippen MR) is 336 cm³/mol. The molecule has 0 saturated carbocycles. The topological polar surface area (TPSA) is 149 Å². The number of carbonyl (C=O) groups is 1. The molecule has 0 aromatic rings. The highest BCUT2D eigenvalue weighted by atomic mass is 16.7. The molecule has 1 saturated heterocycles. The number of ether oxygens (including phenoxy) is 2. The molecule has 1 amide bonds. The number of hydrogen-bond acceptors (Lipinski definition) is 8. The number of aliphatic hydroxyl groups excluding tert-OH is 5. The fourth-order valence-corrected chi connectivity index (χ4v) is 10.0. The molecule has 1 fully saturated rings. The average molecular weight is 1110 g/mol. The molecule has 0 radical (unpaired) electrons. The van der Waals surface area contributed by atoms with Crippen molar-refractivity contribution in [1.29, 1.82) is 0 Å². The summed E-state index contributed by atoms with van der Waals surface area (Å²) in [6.07, 6.45) is 77.7. The van der Waals surface area contributed by atoms with E-state index in [9.17, 15) is 30.3 Å². The van der Waals surface area contributed by atoms with Gasteiger partial charge in [-0.2, -0.15) is 0 Å². The fraction of sp³-hybridized carbons (Fsp3) is 0.757. The lowest BCUT2D eigenvalue weighted by Crippen LogP contribution is -2.60. The van der Waals surface area contributed by atoms with E-state index in [0.717, 1.165) is 96.3 Å². The van der Waals surface area contributed by atoms with Crippen molar-refractivity contribution in [3.05, 3.63) is 97.2 Å². The highest BCUT2D eigenvalue weighted by molar-refractivity contribution is 5.76. The average Bonchev–Trinajstić information content (AvgIpc) is 3.47. The smallest absolute Gasteiger partial charge is 0.220 e. The van der Waals surface area contributed by atoms with Gasteiger partial charge in [-0.05, 0) is 77.0 Å². The molecule has 1 aliphatic heterocycles. The first kappa shape index (κ1) is 74.1. The Labute approximate surface area is 485 Å². The summed E-state index contributed by atoms with van der Waals surface area (Å²) in [5.41, 5.74) is 0. The maximum atomic E-state index is 13.1. The van der Waals surface area contributed by atoms with Gasteiger partial charge in [0, 0.05) is 6.42 Å². The minimum absolute atomic E-state index is 0.189. The molecule has 7 unspecified atom stereocenters. The zero-order valence-corrected chi connectivity index (χ0v) is 50.9. The lowest BCUT2D eigenvalue weighted by molar-refractivity contribution is -0.302. The summed E-state index contributed by atoms with van der Waals surface area (Å²) < 4.78 is 11.3. The van der Waals surface area contributed by atoms with E-state index in [1.807, 2.05) is 6.08 Å². The van der Waals surface area contributed by atoms with Gasteiger partial charge in [-0.3, -0.25) is 4.79 Å². The Bertz CT molecular complexity index is 1560. The maximum Gasteiger partial charge on any atom is 0.220 e. The van der Waals surface area contributed by atoms with Gasteiger partial charge in [0.1, 0.15) is 24.4 Å². The number of amides is 1. The first-order valence-electron chi connectivity index (χ1n) is 33.0. The van der Waals surface area contributed by atoms with Crippen LogP contribution in [0.1, 0.15) is 284 Å². The minimum Gasteiger partial charge on any atom is -0.394 e. The third kappa shape index (κ3) is 47.3. The summed E-state index contributed by atoms with van der Waals surface area (Å²) in [6.45, 7) is 3.68. The van der Waals surface area contributed by atoms with E-state index in [1.165, 1.54) is 167 Å². The van der Waals surface area contributed by atoms with E-state index in [0.29, 0.717) is 6.42 Å². The Hall–Kier alpha value is -2.89. The Morgan fingerprint density at radius 2 is 0.785 bits per heavy atom. The minimum atomic E-state index is -1.58. The van der Waals surface area contributed by atoms with Gasteiger partial charge in [0.25, 0.3) is 0 Å². The summed E-state index contributed by atoms with van der Waals surface area (Å²) in [4.78, 5) is 13.1. The quantitative estimate of drug-likeness (QED) is 0.0261. The molecule has 0 aliphatic carbocycles. The third-order valence-corrected chi connectivity index (χ3v) is 15.2. The molecule has 0 spiro atoms. The van der Waals surface area contributed by atoms with Gasteiger partial charge in [-0.15, -0.1) is 0 Å². The van der Waals surface area contributed by atoms with Crippen LogP contribution < -0.4 is 5.32 Å². The van der Waals surface area contributed by atoms with Crippen molar-refractivity contribution in [2.75, 3.05) is 13.2 Å². The van der Waals surface area contributed by atoms with Crippen LogP contribution in [0.15, 0.2) is 97.2 Å². The molecule has 79 heavy (non-hydrogen) atoms.